The van der Waals surface area contributed by atoms with E-state index in [9.17, 15) is 9.59 Å². The molecule has 7 nitrogen and oxygen atoms in total. The summed E-state index contributed by atoms with van der Waals surface area (Å²) in [7, 11) is 0. The molecule has 0 N–H and O–H groups in total. The van der Waals surface area contributed by atoms with E-state index in [1.54, 1.807) is 29.2 Å². The molecule has 4 rings (SSSR count). The molecular weight excluding hydrogens is 322 g/mol. The summed E-state index contributed by atoms with van der Waals surface area (Å²) in [6, 6.07) is 8.92. The minimum Gasteiger partial charge on any atom is -0.447 e. The minimum absolute atomic E-state index is 0.0290. The maximum atomic E-state index is 12.9. The molecule has 2 saturated heterocycles. The Morgan fingerprint density at radius 2 is 2.04 bits per heavy atom. The molecule has 2 fully saturated rings. The molecule has 2 aliphatic rings. The molecule has 25 heavy (non-hydrogen) atoms. The average molecular weight is 341 g/mol. The van der Waals surface area contributed by atoms with Gasteiger partial charge in [-0.3, -0.25) is 9.69 Å². The minimum atomic E-state index is -0.347. The Bertz CT molecular complexity index is 799. The van der Waals surface area contributed by atoms with Gasteiger partial charge < -0.3 is 14.2 Å². The van der Waals surface area contributed by atoms with Crippen molar-refractivity contribution in [3.05, 3.63) is 47.3 Å². The van der Waals surface area contributed by atoms with Gasteiger partial charge in [0.25, 0.3) is 5.91 Å². The predicted octanol–water partition coefficient (Wildman–Crippen LogP) is 2.92. The van der Waals surface area contributed by atoms with Crippen LogP contribution in [-0.4, -0.2) is 41.8 Å². The highest BCUT2D eigenvalue weighted by atomic mass is 16.6. The van der Waals surface area contributed by atoms with E-state index in [4.69, 9.17) is 9.26 Å². The normalized spacial score (nSPS) is 20.2. The van der Waals surface area contributed by atoms with E-state index >= 15 is 0 Å². The number of hydrogen-bond acceptors (Lipinski definition) is 5. The Morgan fingerprint density at radius 1 is 1.24 bits per heavy atom. The fourth-order valence-electron chi connectivity index (χ4n) is 3.44. The van der Waals surface area contributed by atoms with E-state index in [2.05, 4.69) is 5.16 Å². The van der Waals surface area contributed by atoms with Crippen molar-refractivity contribution < 1.29 is 18.8 Å². The lowest BCUT2D eigenvalue weighted by Crippen LogP contribution is -2.30. The number of ether oxygens (including phenoxy) is 1. The molecule has 2 aromatic rings. The Morgan fingerprint density at radius 3 is 2.68 bits per heavy atom. The van der Waals surface area contributed by atoms with E-state index < -0.39 is 0 Å². The molecule has 0 bridgehead atoms. The topological polar surface area (TPSA) is 75.9 Å². The van der Waals surface area contributed by atoms with Crippen LogP contribution in [0.25, 0.3) is 0 Å². The van der Waals surface area contributed by atoms with Crippen LogP contribution in [0.3, 0.4) is 0 Å². The molecule has 1 atom stereocenters. The van der Waals surface area contributed by atoms with Gasteiger partial charge in [0.05, 0.1) is 12.6 Å². The maximum Gasteiger partial charge on any atom is 0.414 e. The summed E-state index contributed by atoms with van der Waals surface area (Å²) in [5.74, 6) is 0.717. The van der Waals surface area contributed by atoms with Gasteiger partial charge in [0, 0.05) is 23.9 Å². The Labute approximate surface area is 145 Å². The number of carbonyl (C=O) groups is 2. The molecule has 7 heteroatoms. The van der Waals surface area contributed by atoms with Crippen molar-refractivity contribution in [2.24, 2.45) is 0 Å². The van der Waals surface area contributed by atoms with Gasteiger partial charge in [-0.1, -0.05) is 5.16 Å². The van der Waals surface area contributed by atoms with Crippen LogP contribution in [0.4, 0.5) is 10.5 Å². The van der Waals surface area contributed by atoms with Crippen LogP contribution in [0, 0.1) is 6.92 Å². The second-order valence-corrected chi connectivity index (χ2v) is 6.33. The molecule has 0 unspecified atom stereocenters. The molecular formula is C18H19N3O4. The lowest BCUT2D eigenvalue weighted by Gasteiger charge is -2.23. The van der Waals surface area contributed by atoms with Crippen LogP contribution < -0.4 is 4.90 Å². The molecule has 1 aromatic carbocycles. The molecule has 3 heterocycles. The summed E-state index contributed by atoms with van der Waals surface area (Å²) < 4.78 is 10.1. The van der Waals surface area contributed by atoms with Gasteiger partial charge in [-0.25, -0.2) is 4.79 Å². The number of aromatic nitrogens is 1. The number of carbonyl (C=O) groups excluding carboxylic acids is 2. The van der Waals surface area contributed by atoms with Crippen LogP contribution in [0.1, 0.15) is 40.7 Å². The summed E-state index contributed by atoms with van der Waals surface area (Å²) in [6.07, 6.45) is 1.48. The highest BCUT2D eigenvalue weighted by Crippen LogP contribution is 2.33. The van der Waals surface area contributed by atoms with Crippen LogP contribution in [-0.2, 0) is 4.74 Å². The number of likely N-dealkylation sites (tertiary alicyclic amines) is 1. The zero-order valence-corrected chi connectivity index (χ0v) is 14.0. The van der Waals surface area contributed by atoms with Crippen LogP contribution in [0.15, 0.2) is 34.9 Å². The van der Waals surface area contributed by atoms with Gasteiger partial charge in [-0.2, -0.15) is 0 Å². The quantitative estimate of drug-likeness (QED) is 0.858. The number of benzene rings is 1. The van der Waals surface area contributed by atoms with Crippen molar-refractivity contribution in [3.63, 3.8) is 0 Å². The first-order chi connectivity index (χ1) is 12.1. The Balaban J connectivity index is 1.53. The van der Waals surface area contributed by atoms with Gasteiger partial charge in [0.2, 0.25) is 0 Å². The lowest BCUT2D eigenvalue weighted by atomic mass is 10.1. The molecule has 130 valence electrons. The number of rotatable bonds is 3. The van der Waals surface area contributed by atoms with E-state index in [0.29, 0.717) is 25.3 Å². The SMILES string of the molecule is Cc1cc([C@@H]2CCCN2C(=O)c2ccc(N3CCOC3=O)cc2)no1. The highest BCUT2D eigenvalue weighted by Gasteiger charge is 2.32. The van der Waals surface area contributed by atoms with Crippen molar-refractivity contribution in [2.45, 2.75) is 25.8 Å². The molecule has 0 radical (unpaired) electrons. The van der Waals surface area contributed by atoms with Crippen LogP contribution >= 0.6 is 0 Å². The van der Waals surface area contributed by atoms with E-state index in [-0.39, 0.29) is 18.0 Å². The lowest BCUT2D eigenvalue weighted by molar-refractivity contribution is 0.0731. The van der Waals surface area contributed by atoms with Crippen molar-refractivity contribution in [2.75, 3.05) is 24.6 Å². The molecule has 2 amide bonds. The van der Waals surface area contributed by atoms with E-state index in [1.165, 1.54) is 0 Å². The molecule has 0 saturated carbocycles. The average Bonchev–Trinajstić information content (AvgIpc) is 3.34. The second-order valence-electron chi connectivity index (χ2n) is 6.33. The Hall–Kier alpha value is -2.83. The first kappa shape index (κ1) is 15.7. The van der Waals surface area contributed by atoms with Gasteiger partial charge in [-0.05, 0) is 44.0 Å². The van der Waals surface area contributed by atoms with Crippen molar-refractivity contribution >= 4 is 17.7 Å². The standard InChI is InChI=1S/C18H19N3O4/c1-12-11-15(19-25-12)16-3-2-8-21(16)17(22)13-4-6-14(7-5-13)20-9-10-24-18(20)23/h4-7,11,16H,2-3,8-10H2,1H3/t16-/m0/s1. The third-order valence-electron chi connectivity index (χ3n) is 4.69. The van der Waals surface area contributed by atoms with Crippen molar-refractivity contribution in [1.29, 1.82) is 0 Å². The largest absolute Gasteiger partial charge is 0.447 e. The summed E-state index contributed by atoms with van der Waals surface area (Å²) in [5.41, 5.74) is 2.15. The maximum absolute atomic E-state index is 12.9. The van der Waals surface area contributed by atoms with Gasteiger partial charge in [0.15, 0.2) is 0 Å². The number of aryl methyl sites for hydroxylation is 1. The fraction of sp³-hybridized carbons (Fsp3) is 0.389. The summed E-state index contributed by atoms with van der Waals surface area (Å²) in [6.45, 7) is 3.48. The first-order valence-corrected chi connectivity index (χ1v) is 8.42. The molecule has 1 aromatic heterocycles. The molecule has 0 spiro atoms. The van der Waals surface area contributed by atoms with Crippen LogP contribution in [0.5, 0.6) is 0 Å². The van der Waals surface area contributed by atoms with Crippen molar-refractivity contribution in [1.82, 2.24) is 10.1 Å². The third kappa shape index (κ3) is 2.86. The summed E-state index contributed by atoms with van der Waals surface area (Å²) in [5, 5.41) is 4.07. The monoisotopic (exact) mass is 341 g/mol. The predicted molar refractivity (Wildman–Crippen MR) is 89.4 cm³/mol. The smallest absolute Gasteiger partial charge is 0.414 e. The number of amides is 2. The summed E-state index contributed by atoms with van der Waals surface area (Å²) >= 11 is 0. The zero-order chi connectivity index (χ0) is 17.4. The van der Waals surface area contributed by atoms with Gasteiger partial charge in [-0.15, -0.1) is 0 Å². The van der Waals surface area contributed by atoms with Gasteiger partial charge in [0.1, 0.15) is 18.1 Å². The first-order valence-electron chi connectivity index (χ1n) is 8.42. The highest BCUT2D eigenvalue weighted by molar-refractivity contribution is 5.96. The Kier molecular flexibility index (Phi) is 3.91. The number of hydrogen-bond donors (Lipinski definition) is 0. The van der Waals surface area contributed by atoms with Crippen LogP contribution in [0.2, 0.25) is 0 Å². The fourth-order valence-corrected chi connectivity index (χ4v) is 3.44. The molecule has 2 aliphatic heterocycles. The van der Waals surface area contributed by atoms with E-state index in [1.807, 2.05) is 17.9 Å². The molecule has 0 aliphatic carbocycles. The zero-order valence-electron chi connectivity index (χ0n) is 14.0. The second kappa shape index (κ2) is 6.23. The van der Waals surface area contributed by atoms with Gasteiger partial charge >= 0.3 is 6.09 Å². The van der Waals surface area contributed by atoms with Crippen molar-refractivity contribution in [3.8, 4) is 0 Å². The number of cyclic esters (lactones) is 1. The number of anilines is 1. The summed E-state index contributed by atoms with van der Waals surface area (Å²) in [4.78, 5) is 27.9. The number of nitrogens with zero attached hydrogens (tertiary/aromatic N) is 3. The third-order valence-corrected chi connectivity index (χ3v) is 4.69. The van der Waals surface area contributed by atoms with E-state index in [0.717, 1.165) is 30.0 Å².